The molecule has 0 fully saturated rings. The van der Waals surface area contributed by atoms with Crippen molar-refractivity contribution in [3.8, 4) is 0 Å². The molecule has 0 aliphatic carbocycles. The van der Waals surface area contributed by atoms with E-state index in [1.165, 1.54) is 4.90 Å². The molecular weight excluding hydrogens is 400 g/mol. The Labute approximate surface area is 191 Å². The van der Waals surface area contributed by atoms with Gasteiger partial charge in [0.15, 0.2) is 11.5 Å². The van der Waals surface area contributed by atoms with Crippen molar-refractivity contribution in [3.05, 3.63) is 71.0 Å². The van der Waals surface area contributed by atoms with Crippen LogP contribution >= 0.6 is 0 Å². The van der Waals surface area contributed by atoms with Crippen LogP contribution in [0.1, 0.15) is 58.7 Å². The van der Waals surface area contributed by atoms with Crippen LogP contribution in [0.5, 0.6) is 0 Å². The second kappa shape index (κ2) is 8.12. The quantitative estimate of drug-likeness (QED) is 0.684. The summed E-state index contributed by atoms with van der Waals surface area (Å²) in [6.45, 7) is 11.8. The normalized spacial score (nSPS) is 17.2. The fourth-order valence-corrected chi connectivity index (χ4v) is 3.90. The average molecular weight is 435 g/mol. The lowest BCUT2D eigenvalue weighted by atomic mass is 9.82. The average Bonchev–Trinajstić information content (AvgIpc) is 2.97. The highest BCUT2D eigenvalue weighted by Gasteiger charge is 2.46. The van der Waals surface area contributed by atoms with E-state index in [0.717, 1.165) is 16.8 Å². The van der Waals surface area contributed by atoms with Crippen molar-refractivity contribution in [3.63, 3.8) is 0 Å². The second-order valence-electron chi connectivity index (χ2n) is 10.7. The Hall–Kier alpha value is -3.08. The number of Topliss-reactive ketones (excluding diaryl/α,β-unsaturated/α-hetero) is 1. The third kappa shape index (κ3) is 4.29. The summed E-state index contributed by atoms with van der Waals surface area (Å²) in [7, 11) is 3.91. The largest absolute Gasteiger partial charge is 0.503 e. The highest BCUT2D eigenvalue weighted by molar-refractivity contribution is 6.17. The van der Waals surface area contributed by atoms with Crippen molar-refractivity contribution >= 4 is 23.1 Å². The van der Waals surface area contributed by atoms with E-state index in [1.54, 1.807) is 20.8 Å². The zero-order valence-corrected chi connectivity index (χ0v) is 20.4. The van der Waals surface area contributed by atoms with Crippen molar-refractivity contribution in [1.82, 2.24) is 0 Å². The summed E-state index contributed by atoms with van der Waals surface area (Å²) in [5, 5.41) is 10.8. The molecule has 1 aliphatic rings. The SMILES string of the molecule is CN(C)c1ccc(C2C(C(=O)C(C)(C)C)=C(O)C(=O)N2c2ccc(C(C)(C)C)cc2)cc1. The van der Waals surface area contributed by atoms with E-state index in [-0.39, 0.29) is 16.8 Å². The van der Waals surface area contributed by atoms with E-state index in [2.05, 4.69) is 20.8 Å². The van der Waals surface area contributed by atoms with Crippen LogP contribution in [0, 0.1) is 5.41 Å². The van der Waals surface area contributed by atoms with Gasteiger partial charge in [-0.1, -0.05) is 65.8 Å². The summed E-state index contributed by atoms with van der Waals surface area (Å²) in [6.07, 6.45) is 0. The van der Waals surface area contributed by atoms with Gasteiger partial charge in [-0.15, -0.1) is 0 Å². The first-order valence-corrected chi connectivity index (χ1v) is 10.9. The summed E-state index contributed by atoms with van der Waals surface area (Å²) in [5.74, 6) is -1.26. The molecule has 170 valence electrons. The zero-order valence-electron chi connectivity index (χ0n) is 20.4. The molecule has 1 amide bonds. The van der Waals surface area contributed by atoms with Gasteiger partial charge in [0.2, 0.25) is 0 Å². The van der Waals surface area contributed by atoms with Crippen LogP contribution in [-0.2, 0) is 15.0 Å². The lowest BCUT2D eigenvalue weighted by molar-refractivity contribution is -0.123. The maximum Gasteiger partial charge on any atom is 0.294 e. The van der Waals surface area contributed by atoms with Crippen molar-refractivity contribution in [2.75, 3.05) is 23.9 Å². The molecule has 1 aliphatic heterocycles. The van der Waals surface area contributed by atoms with Crippen LogP contribution in [0.15, 0.2) is 59.9 Å². The number of carbonyl (C=O) groups excluding carboxylic acids is 2. The minimum atomic E-state index is -0.739. The molecule has 0 bridgehead atoms. The molecule has 2 aromatic rings. The van der Waals surface area contributed by atoms with Crippen molar-refractivity contribution in [1.29, 1.82) is 0 Å². The van der Waals surface area contributed by atoms with E-state index < -0.39 is 23.1 Å². The summed E-state index contributed by atoms with van der Waals surface area (Å²) >= 11 is 0. The fourth-order valence-electron chi connectivity index (χ4n) is 3.90. The Bertz CT molecular complexity index is 1050. The predicted molar refractivity (Wildman–Crippen MR) is 130 cm³/mol. The van der Waals surface area contributed by atoms with Crippen LogP contribution in [0.3, 0.4) is 0 Å². The van der Waals surface area contributed by atoms with Gasteiger partial charge >= 0.3 is 0 Å². The second-order valence-corrected chi connectivity index (χ2v) is 10.7. The molecule has 0 radical (unpaired) electrons. The van der Waals surface area contributed by atoms with Gasteiger partial charge in [-0.25, -0.2) is 0 Å². The molecule has 0 spiro atoms. The number of anilines is 2. The van der Waals surface area contributed by atoms with E-state index in [4.69, 9.17) is 0 Å². The summed E-state index contributed by atoms with van der Waals surface area (Å²) in [4.78, 5) is 30.1. The molecule has 5 nitrogen and oxygen atoms in total. The molecular formula is C27H34N2O3. The molecule has 5 heteroatoms. The van der Waals surface area contributed by atoms with E-state index in [9.17, 15) is 14.7 Å². The number of rotatable bonds is 4. The van der Waals surface area contributed by atoms with Crippen LogP contribution in [0.25, 0.3) is 0 Å². The summed E-state index contributed by atoms with van der Waals surface area (Å²) in [6, 6.07) is 14.8. The number of hydrogen-bond donors (Lipinski definition) is 1. The van der Waals surface area contributed by atoms with Crippen LogP contribution < -0.4 is 9.80 Å². The fraction of sp³-hybridized carbons (Fsp3) is 0.407. The minimum absolute atomic E-state index is 0.0251. The topological polar surface area (TPSA) is 60.9 Å². The highest BCUT2D eigenvalue weighted by Crippen LogP contribution is 2.44. The van der Waals surface area contributed by atoms with Gasteiger partial charge in [0.1, 0.15) is 0 Å². The van der Waals surface area contributed by atoms with Gasteiger partial charge in [0.25, 0.3) is 5.91 Å². The summed E-state index contributed by atoms with van der Waals surface area (Å²) in [5.41, 5.74) is 2.97. The third-order valence-electron chi connectivity index (χ3n) is 5.87. The molecule has 3 rings (SSSR count). The Kier molecular flexibility index (Phi) is 5.98. The lowest BCUT2D eigenvalue weighted by Crippen LogP contribution is -2.33. The smallest absolute Gasteiger partial charge is 0.294 e. The van der Waals surface area contributed by atoms with Crippen LogP contribution in [-0.4, -0.2) is 30.9 Å². The van der Waals surface area contributed by atoms with Gasteiger partial charge in [-0.05, 0) is 40.8 Å². The monoisotopic (exact) mass is 434 g/mol. The van der Waals surface area contributed by atoms with Crippen molar-refractivity contribution in [2.45, 2.75) is 53.0 Å². The van der Waals surface area contributed by atoms with Gasteiger partial charge in [0.05, 0.1) is 11.6 Å². The maximum atomic E-state index is 13.3. The molecule has 2 aromatic carbocycles. The molecule has 1 atom stereocenters. The van der Waals surface area contributed by atoms with Gasteiger partial charge in [0, 0.05) is 30.9 Å². The number of ketones is 1. The van der Waals surface area contributed by atoms with Gasteiger partial charge < -0.3 is 10.0 Å². The predicted octanol–water partition coefficient (Wildman–Crippen LogP) is 5.57. The summed E-state index contributed by atoms with van der Waals surface area (Å²) < 4.78 is 0. The number of carbonyl (C=O) groups is 2. The van der Waals surface area contributed by atoms with Crippen molar-refractivity contribution < 1.29 is 14.7 Å². The molecule has 32 heavy (non-hydrogen) atoms. The molecule has 1 unspecified atom stereocenters. The Morgan fingerprint density at radius 2 is 1.44 bits per heavy atom. The van der Waals surface area contributed by atoms with Crippen molar-refractivity contribution in [2.24, 2.45) is 5.41 Å². The van der Waals surface area contributed by atoms with E-state index in [0.29, 0.717) is 5.69 Å². The first kappa shape index (κ1) is 23.6. The zero-order chi connectivity index (χ0) is 24.0. The van der Waals surface area contributed by atoms with Gasteiger partial charge in [-0.3, -0.25) is 14.5 Å². The Balaban J connectivity index is 2.15. The Morgan fingerprint density at radius 3 is 1.88 bits per heavy atom. The van der Waals surface area contributed by atoms with Crippen LogP contribution in [0.4, 0.5) is 11.4 Å². The number of amides is 1. The minimum Gasteiger partial charge on any atom is -0.503 e. The Morgan fingerprint density at radius 1 is 0.906 bits per heavy atom. The number of aliphatic hydroxyl groups excluding tert-OH is 1. The molecule has 0 saturated heterocycles. The molecule has 1 N–H and O–H groups in total. The van der Waals surface area contributed by atoms with E-state index >= 15 is 0 Å². The standard InChI is InChI=1S/C27H34N2O3/c1-26(2,3)18-11-15-20(16-12-18)29-22(17-9-13-19(14-10-17)28(7)8)21(23(30)25(29)32)24(31)27(4,5)6/h9-16,22,30H,1-8H3. The van der Waals surface area contributed by atoms with Crippen LogP contribution in [0.2, 0.25) is 0 Å². The third-order valence-corrected chi connectivity index (χ3v) is 5.87. The number of aliphatic hydroxyl groups is 1. The first-order valence-electron chi connectivity index (χ1n) is 10.9. The molecule has 0 aromatic heterocycles. The first-order chi connectivity index (χ1) is 14.7. The highest BCUT2D eigenvalue weighted by atomic mass is 16.3. The number of hydrogen-bond acceptors (Lipinski definition) is 4. The van der Waals surface area contributed by atoms with Gasteiger partial charge in [-0.2, -0.15) is 0 Å². The molecule has 1 heterocycles. The maximum absolute atomic E-state index is 13.3. The van der Waals surface area contributed by atoms with E-state index in [1.807, 2.05) is 67.5 Å². The number of benzene rings is 2. The lowest BCUT2D eigenvalue weighted by Gasteiger charge is -2.30. The number of nitrogens with zero attached hydrogens (tertiary/aromatic N) is 2. The molecule has 0 saturated carbocycles.